The minimum Gasteiger partial charge on any atom is -0.462 e. The molecule has 0 aliphatic heterocycles. The van der Waals surface area contributed by atoms with Crippen molar-refractivity contribution in [1.82, 2.24) is 9.78 Å². The van der Waals surface area contributed by atoms with Gasteiger partial charge in [0.05, 0.1) is 6.61 Å². The fraction of sp³-hybridized carbons (Fsp3) is 0.615. The summed E-state index contributed by atoms with van der Waals surface area (Å²) in [6.07, 6.45) is 2.41. The molecule has 1 aliphatic carbocycles. The minimum atomic E-state index is -0.471. The Kier molecular flexibility index (Phi) is 3.34. The van der Waals surface area contributed by atoms with Crippen molar-refractivity contribution in [3.05, 3.63) is 11.8 Å². The van der Waals surface area contributed by atoms with Gasteiger partial charge < -0.3 is 10.1 Å². The summed E-state index contributed by atoms with van der Waals surface area (Å²) < 4.78 is 6.42. The first-order valence-corrected chi connectivity index (χ1v) is 6.37. The van der Waals surface area contributed by atoms with E-state index in [0.29, 0.717) is 0 Å². The number of aromatic nitrogens is 2. The zero-order valence-corrected chi connectivity index (χ0v) is 11.7. The molecule has 1 aromatic heterocycles. The maximum Gasteiger partial charge on any atom is 0.343 e. The van der Waals surface area contributed by atoms with Gasteiger partial charge in [0.1, 0.15) is 5.56 Å². The number of rotatable bonds is 4. The van der Waals surface area contributed by atoms with Gasteiger partial charge in [0.25, 0.3) is 0 Å². The van der Waals surface area contributed by atoms with E-state index in [1.165, 1.54) is 4.68 Å². The molecular weight excluding hydrogens is 246 g/mol. The highest BCUT2D eigenvalue weighted by molar-refractivity contribution is 6.01. The number of esters is 1. The summed E-state index contributed by atoms with van der Waals surface area (Å²) >= 11 is 0. The number of nitrogens with zero attached hydrogens (tertiary/aromatic N) is 2. The number of anilines is 1. The number of ether oxygens (including phenoxy) is 1. The second-order valence-electron chi connectivity index (χ2n) is 5.52. The maximum atomic E-state index is 12.0. The molecule has 0 radical (unpaired) electrons. The first kappa shape index (κ1) is 13.6. The third kappa shape index (κ3) is 2.77. The van der Waals surface area contributed by atoms with Crippen molar-refractivity contribution in [3.8, 4) is 0 Å². The third-order valence-electron chi connectivity index (χ3n) is 3.40. The summed E-state index contributed by atoms with van der Waals surface area (Å²) in [4.78, 5) is 23.8. The molecule has 1 N–H and O–H groups in total. The Morgan fingerprint density at radius 3 is 2.74 bits per heavy atom. The van der Waals surface area contributed by atoms with Crippen molar-refractivity contribution in [2.45, 2.75) is 27.2 Å². The fourth-order valence-electron chi connectivity index (χ4n) is 2.06. The maximum absolute atomic E-state index is 12.0. The summed E-state index contributed by atoms with van der Waals surface area (Å²) in [7, 11) is 1.69. The number of carbonyl (C=O) groups excluding carboxylic acids is 2. The van der Waals surface area contributed by atoms with Crippen molar-refractivity contribution in [3.63, 3.8) is 0 Å². The first-order chi connectivity index (χ1) is 8.85. The standard InChI is InChI=1S/C13H19N3O3/c1-5-19-12(18)8-7-16(4)15-10(8)14-11(17)9-6-13(9,2)3/h7,9H,5-6H2,1-4H3,(H,14,15,17)/t9-/m1/s1. The van der Waals surface area contributed by atoms with Gasteiger partial charge in [-0.2, -0.15) is 5.10 Å². The second-order valence-corrected chi connectivity index (χ2v) is 5.52. The van der Waals surface area contributed by atoms with Crippen LogP contribution in [0.15, 0.2) is 6.20 Å². The van der Waals surface area contributed by atoms with Crippen LogP contribution >= 0.6 is 0 Å². The van der Waals surface area contributed by atoms with Gasteiger partial charge in [0, 0.05) is 19.2 Å². The molecule has 0 aromatic carbocycles. The van der Waals surface area contributed by atoms with Crippen LogP contribution in [0, 0.1) is 11.3 Å². The molecule has 2 rings (SSSR count). The lowest BCUT2D eigenvalue weighted by Crippen LogP contribution is -2.19. The molecule has 0 unspecified atom stereocenters. The smallest absolute Gasteiger partial charge is 0.343 e. The molecule has 104 valence electrons. The Hall–Kier alpha value is -1.85. The van der Waals surface area contributed by atoms with Crippen LogP contribution in [0.5, 0.6) is 0 Å². The van der Waals surface area contributed by atoms with Gasteiger partial charge >= 0.3 is 5.97 Å². The molecule has 6 heteroatoms. The second kappa shape index (κ2) is 4.68. The van der Waals surface area contributed by atoms with E-state index in [0.717, 1.165) is 6.42 Å². The third-order valence-corrected chi connectivity index (χ3v) is 3.40. The zero-order valence-electron chi connectivity index (χ0n) is 11.7. The van der Waals surface area contributed by atoms with Gasteiger partial charge in [-0.25, -0.2) is 4.79 Å². The molecule has 0 spiro atoms. The highest BCUT2D eigenvalue weighted by Gasteiger charge is 2.50. The molecule has 1 aromatic rings. The number of hydrogen-bond donors (Lipinski definition) is 1. The first-order valence-electron chi connectivity index (χ1n) is 6.37. The summed E-state index contributed by atoms with van der Waals surface area (Å²) in [5, 5.41) is 6.81. The van der Waals surface area contributed by atoms with Gasteiger partial charge in [0.15, 0.2) is 5.82 Å². The number of aryl methyl sites for hydroxylation is 1. The number of amides is 1. The van der Waals surface area contributed by atoms with Crippen LogP contribution < -0.4 is 5.32 Å². The molecular formula is C13H19N3O3. The van der Waals surface area contributed by atoms with Crippen LogP contribution in [-0.4, -0.2) is 28.3 Å². The SMILES string of the molecule is CCOC(=O)c1cn(C)nc1NC(=O)[C@H]1CC1(C)C. The molecule has 0 bridgehead atoms. The predicted molar refractivity (Wildman–Crippen MR) is 69.7 cm³/mol. The van der Waals surface area contributed by atoms with Crippen LogP contribution in [0.25, 0.3) is 0 Å². The lowest BCUT2D eigenvalue weighted by Gasteiger charge is -2.06. The Balaban J connectivity index is 2.12. The van der Waals surface area contributed by atoms with E-state index >= 15 is 0 Å². The molecule has 19 heavy (non-hydrogen) atoms. The van der Waals surface area contributed by atoms with E-state index < -0.39 is 5.97 Å². The molecule has 1 heterocycles. The lowest BCUT2D eigenvalue weighted by molar-refractivity contribution is -0.118. The van der Waals surface area contributed by atoms with E-state index in [2.05, 4.69) is 10.4 Å². The van der Waals surface area contributed by atoms with Crippen LogP contribution in [-0.2, 0) is 16.6 Å². The molecule has 1 amide bonds. The zero-order chi connectivity index (χ0) is 14.2. The van der Waals surface area contributed by atoms with Gasteiger partial charge in [-0.1, -0.05) is 13.8 Å². The molecule has 1 fully saturated rings. The average molecular weight is 265 g/mol. The van der Waals surface area contributed by atoms with E-state index in [1.54, 1.807) is 20.2 Å². The Labute approximate surface area is 112 Å². The average Bonchev–Trinajstić information content (AvgIpc) is 2.78. The largest absolute Gasteiger partial charge is 0.462 e. The van der Waals surface area contributed by atoms with Crippen molar-refractivity contribution >= 4 is 17.7 Å². The molecule has 1 aliphatic rings. The normalized spacial score (nSPS) is 19.9. The van der Waals surface area contributed by atoms with Crippen LogP contribution in [0.1, 0.15) is 37.6 Å². The highest BCUT2D eigenvalue weighted by atomic mass is 16.5. The minimum absolute atomic E-state index is 0.00967. The van der Waals surface area contributed by atoms with E-state index in [9.17, 15) is 9.59 Å². The molecule has 6 nitrogen and oxygen atoms in total. The summed E-state index contributed by atoms with van der Waals surface area (Å²) in [6.45, 7) is 6.11. The van der Waals surface area contributed by atoms with E-state index in [-0.39, 0.29) is 35.2 Å². The molecule has 0 saturated heterocycles. The van der Waals surface area contributed by atoms with Gasteiger partial charge in [-0.05, 0) is 18.8 Å². The van der Waals surface area contributed by atoms with E-state index in [4.69, 9.17) is 4.74 Å². The molecule has 1 saturated carbocycles. The van der Waals surface area contributed by atoms with Crippen LogP contribution in [0.2, 0.25) is 0 Å². The Morgan fingerprint density at radius 1 is 1.58 bits per heavy atom. The van der Waals surface area contributed by atoms with Crippen molar-refractivity contribution in [2.24, 2.45) is 18.4 Å². The van der Waals surface area contributed by atoms with Gasteiger partial charge in [-0.15, -0.1) is 0 Å². The van der Waals surface area contributed by atoms with Gasteiger partial charge in [0.2, 0.25) is 5.91 Å². The van der Waals surface area contributed by atoms with Crippen molar-refractivity contribution < 1.29 is 14.3 Å². The lowest BCUT2D eigenvalue weighted by atomic mass is 10.1. The van der Waals surface area contributed by atoms with Crippen molar-refractivity contribution in [1.29, 1.82) is 0 Å². The molecule has 1 atom stereocenters. The predicted octanol–water partition coefficient (Wildman–Crippen LogP) is 1.58. The van der Waals surface area contributed by atoms with Crippen molar-refractivity contribution in [2.75, 3.05) is 11.9 Å². The number of nitrogens with one attached hydrogen (secondary N) is 1. The Bertz CT molecular complexity index is 519. The quantitative estimate of drug-likeness (QED) is 0.839. The van der Waals surface area contributed by atoms with Crippen LogP contribution in [0.4, 0.5) is 5.82 Å². The summed E-state index contributed by atoms with van der Waals surface area (Å²) in [5.41, 5.74) is 0.333. The fourth-order valence-corrected chi connectivity index (χ4v) is 2.06. The highest BCUT2D eigenvalue weighted by Crippen LogP contribution is 2.52. The van der Waals surface area contributed by atoms with E-state index in [1.807, 2.05) is 13.8 Å². The number of hydrogen-bond acceptors (Lipinski definition) is 4. The summed E-state index contributed by atoms with van der Waals surface area (Å²) in [6, 6.07) is 0. The monoisotopic (exact) mass is 265 g/mol. The van der Waals surface area contributed by atoms with Crippen LogP contribution in [0.3, 0.4) is 0 Å². The number of carbonyl (C=O) groups is 2. The van der Waals surface area contributed by atoms with Gasteiger partial charge in [-0.3, -0.25) is 9.48 Å². The topological polar surface area (TPSA) is 73.2 Å². The summed E-state index contributed by atoms with van der Waals surface area (Å²) in [5.74, 6) is -0.298. The Morgan fingerprint density at radius 2 is 2.21 bits per heavy atom.